The molecule has 2 saturated heterocycles. The summed E-state index contributed by atoms with van der Waals surface area (Å²) in [5.41, 5.74) is 1.90. The van der Waals surface area contributed by atoms with Gasteiger partial charge in [0.1, 0.15) is 5.75 Å². The van der Waals surface area contributed by atoms with E-state index in [1.807, 2.05) is 35.2 Å². The van der Waals surface area contributed by atoms with E-state index in [2.05, 4.69) is 26.9 Å². The topological polar surface area (TPSA) is 32.8 Å². The molecule has 0 radical (unpaired) electrons. The zero-order valence-electron chi connectivity index (χ0n) is 16.2. The maximum Gasteiger partial charge on any atom is 0.255 e. The van der Waals surface area contributed by atoms with Gasteiger partial charge in [0.2, 0.25) is 0 Å². The number of carbonyl (C=O) groups is 1. The van der Waals surface area contributed by atoms with E-state index < -0.39 is 0 Å². The van der Waals surface area contributed by atoms with Crippen molar-refractivity contribution in [1.29, 1.82) is 0 Å². The van der Waals surface area contributed by atoms with Gasteiger partial charge in [-0.15, -0.1) is 0 Å². The Bertz CT molecular complexity index is 924. The summed E-state index contributed by atoms with van der Waals surface area (Å²) < 4.78 is 6.06. The monoisotopic (exact) mass is 496 g/mol. The maximum atomic E-state index is 13.1. The van der Waals surface area contributed by atoms with Crippen LogP contribution in [0, 0.1) is 0 Å². The van der Waals surface area contributed by atoms with Crippen molar-refractivity contribution in [3.05, 3.63) is 62.0 Å². The molecule has 2 aliphatic heterocycles. The summed E-state index contributed by atoms with van der Waals surface area (Å²) in [6, 6.07) is 11.9. The third-order valence-electron chi connectivity index (χ3n) is 6.02. The van der Waals surface area contributed by atoms with E-state index in [1.165, 1.54) is 5.56 Å². The smallest absolute Gasteiger partial charge is 0.255 e. The second kappa shape index (κ2) is 8.84. The zero-order valence-corrected chi connectivity index (χ0v) is 19.3. The van der Waals surface area contributed by atoms with Crippen LogP contribution in [0.1, 0.15) is 34.7 Å². The second-order valence-electron chi connectivity index (χ2n) is 7.67. The summed E-state index contributed by atoms with van der Waals surface area (Å²) in [7, 11) is 1.61. The van der Waals surface area contributed by atoms with E-state index in [0.29, 0.717) is 33.3 Å². The minimum absolute atomic E-state index is 0.0574. The Labute approximate surface area is 189 Å². The van der Waals surface area contributed by atoms with Crippen LogP contribution in [0.15, 0.2) is 40.9 Å². The minimum Gasteiger partial charge on any atom is -0.496 e. The molecular weight excluding hydrogens is 475 g/mol. The summed E-state index contributed by atoms with van der Waals surface area (Å²) in [6.45, 7) is 3.37. The van der Waals surface area contributed by atoms with Gasteiger partial charge in [-0.25, -0.2) is 0 Å². The Morgan fingerprint density at radius 1 is 1.10 bits per heavy atom. The summed E-state index contributed by atoms with van der Waals surface area (Å²) in [5.74, 6) is 1.19. The van der Waals surface area contributed by atoms with Crippen LogP contribution in [0.3, 0.4) is 0 Å². The normalized spacial score (nSPS) is 22.3. The predicted octanol–water partition coefficient (Wildman–Crippen LogP) is 5.47. The molecule has 0 aromatic heterocycles. The lowest BCUT2D eigenvalue weighted by Gasteiger charge is -2.46. The van der Waals surface area contributed by atoms with Gasteiger partial charge in [0.25, 0.3) is 5.91 Å². The lowest BCUT2D eigenvalue weighted by atomic mass is 9.86. The molecule has 2 atom stereocenters. The number of rotatable bonds is 3. The number of benzene rings is 2. The Morgan fingerprint density at radius 2 is 1.93 bits per heavy atom. The van der Waals surface area contributed by atoms with Crippen LogP contribution in [0.4, 0.5) is 0 Å². The molecule has 2 aromatic rings. The van der Waals surface area contributed by atoms with Crippen molar-refractivity contribution in [2.24, 2.45) is 0 Å². The molecule has 2 heterocycles. The Balaban J connectivity index is 1.43. The molecule has 0 saturated carbocycles. The molecule has 0 spiro atoms. The van der Waals surface area contributed by atoms with E-state index in [9.17, 15) is 4.79 Å². The number of methoxy groups -OCH3 is 1. The molecule has 2 aliphatic rings. The van der Waals surface area contributed by atoms with Gasteiger partial charge in [0.05, 0.1) is 27.2 Å². The van der Waals surface area contributed by atoms with Crippen molar-refractivity contribution in [3.8, 4) is 5.75 Å². The molecule has 29 heavy (non-hydrogen) atoms. The molecular formula is C22H23BrCl2N2O2. The van der Waals surface area contributed by atoms with Crippen molar-refractivity contribution in [2.75, 3.05) is 33.3 Å². The third-order valence-corrected chi connectivity index (χ3v) is 7.58. The van der Waals surface area contributed by atoms with E-state index in [-0.39, 0.29) is 5.91 Å². The van der Waals surface area contributed by atoms with Gasteiger partial charge < -0.3 is 9.64 Å². The van der Waals surface area contributed by atoms with Crippen LogP contribution in [0.5, 0.6) is 5.75 Å². The van der Waals surface area contributed by atoms with Crippen molar-refractivity contribution in [2.45, 2.75) is 24.8 Å². The largest absolute Gasteiger partial charge is 0.496 e. The van der Waals surface area contributed by atoms with Gasteiger partial charge in [-0.1, -0.05) is 35.3 Å². The van der Waals surface area contributed by atoms with Gasteiger partial charge in [0, 0.05) is 32.2 Å². The molecule has 4 nitrogen and oxygen atoms in total. The number of carbonyl (C=O) groups excluding carboxylic acids is 1. The van der Waals surface area contributed by atoms with E-state index in [4.69, 9.17) is 27.9 Å². The average Bonchev–Trinajstić information content (AvgIpc) is 2.74. The summed E-state index contributed by atoms with van der Waals surface area (Å²) in [6.07, 6.45) is 2.15. The van der Waals surface area contributed by atoms with Gasteiger partial charge in [0.15, 0.2) is 0 Å². The number of fused-ring (bicyclic) bond motifs is 1. The van der Waals surface area contributed by atoms with Crippen LogP contribution in [0.2, 0.25) is 10.0 Å². The first kappa shape index (κ1) is 21.0. The van der Waals surface area contributed by atoms with Gasteiger partial charge in [-0.05, 0) is 64.5 Å². The van der Waals surface area contributed by atoms with Crippen LogP contribution >= 0.6 is 39.1 Å². The highest BCUT2D eigenvalue weighted by molar-refractivity contribution is 9.10. The minimum atomic E-state index is 0.0574. The van der Waals surface area contributed by atoms with Crippen LogP contribution in [-0.4, -0.2) is 55.0 Å². The fourth-order valence-electron chi connectivity index (χ4n) is 4.40. The first-order valence-corrected chi connectivity index (χ1v) is 11.3. The predicted molar refractivity (Wildman–Crippen MR) is 120 cm³/mol. The van der Waals surface area contributed by atoms with Gasteiger partial charge in [-0.2, -0.15) is 0 Å². The van der Waals surface area contributed by atoms with Crippen molar-refractivity contribution in [1.82, 2.24) is 9.80 Å². The van der Waals surface area contributed by atoms with E-state index in [0.717, 1.165) is 43.5 Å². The van der Waals surface area contributed by atoms with Crippen LogP contribution < -0.4 is 4.74 Å². The number of ether oxygens (including phenoxy) is 1. The molecule has 0 unspecified atom stereocenters. The third kappa shape index (κ3) is 4.29. The highest BCUT2D eigenvalue weighted by Gasteiger charge is 2.35. The number of hydrogen-bond acceptors (Lipinski definition) is 3. The summed E-state index contributed by atoms with van der Waals surface area (Å²) >= 11 is 15.8. The number of halogens is 3. The Morgan fingerprint density at radius 3 is 2.69 bits per heavy atom. The molecule has 0 N–H and O–H groups in total. The standard InChI is InChI=1S/C22H23BrCl2N2O2/c1-29-20-4-2-3-17(21(20)23)22(28)27-10-9-26-12-15(5-7-16(26)13-27)14-6-8-18(24)19(25)11-14/h2-4,6,8,11,15-16H,5,7,9-10,12-13H2,1H3/t15-,16+/m0/s1. The number of piperazine rings is 1. The van der Waals surface area contributed by atoms with Crippen LogP contribution in [0.25, 0.3) is 0 Å². The van der Waals surface area contributed by atoms with Gasteiger partial charge in [-0.3, -0.25) is 9.69 Å². The molecule has 0 bridgehead atoms. The van der Waals surface area contributed by atoms with E-state index in [1.54, 1.807) is 7.11 Å². The SMILES string of the molecule is COc1cccc(C(=O)N2CCN3C[C@@H](c4ccc(Cl)c(Cl)c4)CC[C@@H]3C2)c1Br. The number of piperidine rings is 1. The van der Waals surface area contributed by atoms with E-state index >= 15 is 0 Å². The Kier molecular flexibility index (Phi) is 6.40. The number of nitrogens with zero attached hydrogens (tertiary/aromatic N) is 2. The molecule has 2 aromatic carbocycles. The lowest BCUT2D eigenvalue weighted by molar-refractivity contribution is 0.0328. The summed E-state index contributed by atoms with van der Waals surface area (Å²) in [5, 5.41) is 1.21. The molecule has 154 valence electrons. The van der Waals surface area contributed by atoms with Crippen molar-refractivity contribution in [3.63, 3.8) is 0 Å². The fourth-order valence-corrected chi connectivity index (χ4v) is 5.30. The first-order chi connectivity index (χ1) is 14.0. The molecule has 2 fully saturated rings. The average molecular weight is 498 g/mol. The van der Waals surface area contributed by atoms with Gasteiger partial charge >= 0.3 is 0 Å². The first-order valence-electron chi connectivity index (χ1n) is 9.78. The maximum absolute atomic E-state index is 13.1. The highest BCUT2D eigenvalue weighted by Crippen LogP contribution is 2.35. The summed E-state index contributed by atoms with van der Waals surface area (Å²) in [4.78, 5) is 17.6. The lowest BCUT2D eigenvalue weighted by Crippen LogP contribution is -2.57. The second-order valence-corrected chi connectivity index (χ2v) is 9.28. The Hall–Kier alpha value is -1.27. The molecule has 1 amide bonds. The number of hydrogen-bond donors (Lipinski definition) is 0. The number of amides is 1. The van der Waals surface area contributed by atoms with Crippen LogP contribution in [-0.2, 0) is 0 Å². The quantitative estimate of drug-likeness (QED) is 0.563. The molecule has 7 heteroatoms. The molecule has 4 rings (SSSR count). The van der Waals surface area contributed by atoms with Crippen molar-refractivity contribution >= 4 is 45.0 Å². The molecule has 0 aliphatic carbocycles. The highest BCUT2D eigenvalue weighted by atomic mass is 79.9. The zero-order chi connectivity index (χ0) is 20.5. The fraction of sp³-hybridized carbons (Fsp3) is 0.409. The van der Waals surface area contributed by atoms with Crippen molar-refractivity contribution < 1.29 is 9.53 Å².